The minimum absolute atomic E-state index is 0.00814. The van der Waals surface area contributed by atoms with Crippen LogP contribution in [-0.2, 0) is 4.79 Å². The van der Waals surface area contributed by atoms with E-state index in [0.717, 1.165) is 0 Å². The third-order valence-corrected chi connectivity index (χ3v) is 3.66. The lowest BCUT2D eigenvalue weighted by Crippen LogP contribution is -2.46. The largest absolute Gasteiger partial charge is 0.391 e. The van der Waals surface area contributed by atoms with Gasteiger partial charge in [0, 0.05) is 19.6 Å². The summed E-state index contributed by atoms with van der Waals surface area (Å²) < 4.78 is 37.6. The Morgan fingerprint density at radius 2 is 1.84 bits per heavy atom. The third kappa shape index (κ3) is 4.67. The number of piperidine rings is 1. The molecule has 0 saturated carbocycles. The number of carbonyl (C=O) groups is 1. The van der Waals surface area contributed by atoms with Gasteiger partial charge in [-0.2, -0.15) is 13.2 Å². The second kappa shape index (κ2) is 6.59. The minimum atomic E-state index is -4.14. The molecule has 19 heavy (non-hydrogen) atoms. The van der Waals surface area contributed by atoms with Crippen molar-refractivity contribution >= 4 is 5.91 Å². The SMILES string of the molecule is CC(C)CC(CN)C(=O)N1CCC(C(F)(F)F)CC1. The van der Waals surface area contributed by atoms with E-state index in [2.05, 4.69) is 0 Å². The van der Waals surface area contributed by atoms with Gasteiger partial charge >= 0.3 is 6.18 Å². The number of alkyl halides is 3. The summed E-state index contributed by atoms with van der Waals surface area (Å²) in [5.74, 6) is -1.26. The first-order valence-electron chi connectivity index (χ1n) is 6.81. The summed E-state index contributed by atoms with van der Waals surface area (Å²) in [7, 11) is 0. The van der Waals surface area contributed by atoms with Gasteiger partial charge in [0.15, 0.2) is 0 Å². The molecule has 1 fully saturated rings. The first kappa shape index (κ1) is 16.3. The highest BCUT2D eigenvalue weighted by atomic mass is 19.4. The van der Waals surface area contributed by atoms with E-state index < -0.39 is 12.1 Å². The second-order valence-corrected chi connectivity index (χ2v) is 5.70. The highest BCUT2D eigenvalue weighted by Gasteiger charge is 2.42. The molecule has 2 N–H and O–H groups in total. The molecule has 0 aromatic carbocycles. The van der Waals surface area contributed by atoms with E-state index >= 15 is 0 Å². The van der Waals surface area contributed by atoms with Gasteiger partial charge in [0.1, 0.15) is 0 Å². The van der Waals surface area contributed by atoms with Crippen molar-refractivity contribution in [2.75, 3.05) is 19.6 Å². The summed E-state index contributed by atoms with van der Waals surface area (Å²) in [6, 6.07) is 0. The zero-order chi connectivity index (χ0) is 14.6. The van der Waals surface area contributed by atoms with Gasteiger partial charge < -0.3 is 10.6 Å². The third-order valence-electron chi connectivity index (χ3n) is 3.66. The molecule has 0 aromatic rings. The Labute approximate surface area is 112 Å². The monoisotopic (exact) mass is 280 g/mol. The van der Waals surface area contributed by atoms with Crippen LogP contribution in [0, 0.1) is 17.8 Å². The predicted molar refractivity (Wildman–Crippen MR) is 67.4 cm³/mol. The highest BCUT2D eigenvalue weighted by Crippen LogP contribution is 2.34. The number of nitrogens with two attached hydrogens (primary N) is 1. The predicted octanol–water partition coefficient (Wildman–Crippen LogP) is 2.41. The topological polar surface area (TPSA) is 46.3 Å². The quantitative estimate of drug-likeness (QED) is 0.859. The van der Waals surface area contributed by atoms with Crippen molar-refractivity contribution in [2.45, 2.75) is 39.3 Å². The Morgan fingerprint density at radius 1 is 1.32 bits per heavy atom. The molecule has 0 radical (unpaired) electrons. The van der Waals surface area contributed by atoms with E-state index in [9.17, 15) is 18.0 Å². The Hall–Kier alpha value is -0.780. The maximum atomic E-state index is 12.5. The molecular weight excluding hydrogens is 257 g/mol. The Kier molecular flexibility index (Phi) is 5.64. The lowest BCUT2D eigenvalue weighted by Gasteiger charge is -2.35. The molecule has 112 valence electrons. The van der Waals surface area contributed by atoms with Crippen molar-refractivity contribution in [1.29, 1.82) is 0 Å². The molecule has 3 nitrogen and oxygen atoms in total. The van der Waals surface area contributed by atoms with Crippen LogP contribution in [0.3, 0.4) is 0 Å². The summed E-state index contributed by atoms with van der Waals surface area (Å²) in [6.45, 7) is 4.66. The molecular formula is C13H23F3N2O. The molecule has 0 aromatic heterocycles. The number of nitrogens with zero attached hydrogens (tertiary/aromatic N) is 1. The number of carbonyl (C=O) groups excluding carboxylic acids is 1. The first-order valence-corrected chi connectivity index (χ1v) is 6.81. The standard InChI is InChI=1S/C13H23F3N2O/c1-9(2)7-10(8-17)12(19)18-5-3-11(4-6-18)13(14,15)16/h9-11H,3-8,17H2,1-2H3. The van der Waals surface area contributed by atoms with Crippen molar-refractivity contribution < 1.29 is 18.0 Å². The number of hydrogen-bond acceptors (Lipinski definition) is 2. The van der Waals surface area contributed by atoms with Crippen LogP contribution < -0.4 is 5.73 Å². The molecule has 0 spiro atoms. The summed E-state index contributed by atoms with van der Waals surface area (Å²) in [5, 5.41) is 0. The van der Waals surface area contributed by atoms with E-state index in [1.165, 1.54) is 0 Å². The Balaban J connectivity index is 2.52. The van der Waals surface area contributed by atoms with Gasteiger partial charge in [-0.3, -0.25) is 4.79 Å². The van der Waals surface area contributed by atoms with Gasteiger partial charge in [-0.25, -0.2) is 0 Å². The lowest BCUT2D eigenvalue weighted by atomic mass is 9.92. The summed E-state index contributed by atoms with van der Waals surface area (Å²) in [6.07, 6.45) is -3.43. The minimum Gasteiger partial charge on any atom is -0.342 e. The molecule has 1 rings (SSSR count). The molecule has 1 amide bonds. The summed E-state index contributed by atoms with van der Waals surface area (Å²) in [4.78, 5) is 13.7. The van der Waals surface area contributed by atoms with Crippen molar-refractivity contribution in [1.82, 2.24) is 4.90 Å². The van der Waals surface area contributed by atoms with Crippen LogP contribution >= 0.6 is 0 Å². The normalized spacial score (nSPS) is 19.8. The molecule has 0 aliphatic carbocycles. The van der Waals surface area contributed by atoms with Crippen LogP contribution in [0.5, 0.6) is 0 Å². The van der Waals surface area contributed by atoms with Crippen LogP contribution in [0.15, 0.2) is 0 Å². The average Bonchev–Trinajstić information content (AvgIpc) is 2.34. The van der Waals surface area contributed by atoms with Crippen molar-refractivity contribution in [3.63, 3.8) is 0 Å². The van der Waals surface area contributed by atoms with E-state index in [1.54, 1.807) is 4.90 Å². The van der Waals surface area contributed by atoms with Crippen LogP contribution in [0.2, 0.25) is 0 Å². The van der Waals surface area contributed by atoms with Crippen LogP contribution in [-0.4, -0.2) is 36.6 Å². The van der Waals surface area contributed by atoms with E-state index in [4.69, 9.17) is 5.73 Å². The van der Waals surface area contributed by atoms with Crippen molar-refractivity contribution in [2.24, 2.45) is 23.5 Å². The smallest absolute Gasteiger partial charge is 0.342 e. The Bertz CT molecular complexity index is 297. The fourth-order valence-corrected chi connectivity index (χ4v) is 2.55. The zero-order valence-electron chi connectivity index (χ0n) is 11.5. The maximum Gasteiger partial charge on any atom is 0.391 e. The summed E-state index contributed by atoms with van der Waals surface area (Å²) >= 11 is 0. The van der Waals surface area contributed by atoms with Gasteiger partial charge in [0.25, 0.3) is 0 Å². The number of hydrogen-bond donors (Lipinski definition) is 1. The van der Waals surface area contributed by atoms with Crippen molar-refractivity contribution in [3.05, 3.63) is 0 Å². The average molecular weight is 280 g/mol. The van der Waals surface area contributed by atoms with Crippen molar-refractivity contribution in [3.8, 4) is 0 Å². The summed E-state index contributed by atoms with van der Waals surface area (Å²) in [5.41, 5.74) is 5.60. The molecule has 1 heterocycles. The molecule has 1 atom stereocenters. The van der Waals surface area contributed by atoms with E-state index in [1.807, 2.05) is 13.8 Å². The molecule has 1 unspecified atom stereocenters. The number of halogens is 3. The van der Waals surface area contributed by atoms with E-state index in [0.29, 0.717) is 12.3 Å². The molecule has 1 aliphatic heterocycles. The molecule has 6 heteroatoms. The lowest BCUT2D eigenvalue weighted by molar-refractivity contribution is -0.187. The number of amides is 1. The van der Waals surface area contributed by atoms with Gasteiger partial charge in [-0.1, -0.05) is 13.8 Å². The van der Waals surface area contributed by atoms with Gasteiger partial charge in [-0.15, -0.1) is 0 Å². The number of rotatable bonds is 4. The fraction of sp³-hybridized carbons (Fsp3) is 0.923. The highest BCUT2D eigenvalue weighted by molar-refractivity contribution is 5.79. The van der Waals surface area contributed by atoms with E-state index in [-0.39, 0.29) is 44.3 Å². The number of likely N-dealkylation sites (tertiary alicyclic amines) is 1. The van der Waals surface area contributed by atoms with Crippen LogP contribution in [0.25, 0.3) is 0 Å². The second-order valence-electron chi connectivity index (χ2n) is 5.70. The molecule has 0 bridgehead atoms. The zero-order valence-corrected chi connectivity index (χ0v) is 11.5. The van der Waals surface area contributed by atoms with Gasteiger partial charge in [0.05, 0.1) is 11.8 Å². The first-order chi connectivity index (χ1) is 8.75. The van der Waals surface area contributed by atoms with Gasteiger partial charge in [0.2, 0.25) is 5.91 Å². The van der Waals surface area contributed by atoms with Crippen LogP contribution in [0.4, 0.5) is 13.2 Å². The Morgan fingerprint density at radius 3 is 2.21 bits per heavy atom. The molecule has 1 aliphatic rings. The molecule has 1 saturated heterocycles. The maximum absolute atomic E-state index is 12.5. The van der Waals surface area contributed by atoms with Crippen LogP contribution in [0.1, 0.15) is 33.1 Å². The van der Waals surface area contributed by atoms with Gasteiger partial charge in [-0.05, 0) is 25.2 Å². The fourth-order valence-electron chi connectivity index (χ4n) is 2.55.